The Labute approximate surface area is 132 Å². The van der Waals surface area contributed by atoms with E-state index in [-0.39, 0.29) is 11.4 Å². The molecular formula is C17H16FN3O2. The first-order chi connectivity index (χ1) is 11.0. The van der Waals surface area contributed by atoms with Gasteiger partial charge < -0.3 is 14.6 Å². The molecule has 3 aromatic rings. The molecule has 3 rings (SSSR count). The Hall–Kier alpha value is -2.89. The van der Waals surface area contributed by atoms with Crippen molar-refractivity contribution in [3.05, 3.63) is 59.7 Å². The third-order valence-electron chi connectivity index (χ3n) is 3.87. The summed E-state index contributed by atoms with van der Waals surface area (Å²) in [5.74, 6) is -0.442. The first-order valence-electron chi connectivity index (χ1n) is 7.11. The highest BCUT2D eigenvalue weighted by Gasteiger charge is 2.12. The lowest BCUT2D eigenvalue weighted by Crippen LogP contribution is -2.18. The van der Waals surface area contributed by atoms with Gasteiger partial charge in [0.25, 0.3) is 0 Å². The molecule has 2 aromatic carbocycles. The molecule has 0 aliphatic carbocycles. The highest BCUT2D eigenvalue weighted by Crippen LogP contribution is 2.20. The van der Waals surface area contributed by atoms with Crippen molar-refractivity contribution in [2.24, 2.45) is 7.05 Å². The maximum atomic E-state index is 13.0. The Balaban J connectivity index is 1.92. The molecule has 0 unspecified atom stereocenters. The molecule has 1 aromatic heterocycles. The third-order valence-corrected chi connectivity index (χ3v) is 3.87. The van der Waals surface area contributed by atoms with Crippen LogP contribution >= 0.6 is 0 Å². The molecule has 1 N–H and O–H groups in total. The lowest BCUT2D eigenvalue weighted by atomic mass is 10.2. The van der Waals surface area contributed by atoms with Crippen LogP contribution in [0.15, 0.2) is 42.5 Å². The molecule has 0 aliphatic heterocycles. The fraction of sp³-hybridized carbons (Fsp3) is 0.176. The minimum Gasteiger partial charge on any atom is -0.478 e. The number of carboxylic acid groups (broad SMARTS) is 1. The number of aryl methyl sites for hydroxylation is 1. The van der Waals surface area contributed by atoms with Gasteiger partial charge in [-0.3, -0.25) is 0 Å². The van der Waals surface area contributed by atoms with Crippen molar-refractivity contribution in [2.45, 2.75) is 6.54 Å². The second kappa shape index (κ2) is 5.72. The monoisotopic (exact) mass is 313 g/mol. The molecule has 0 fully saturated rings. The molecule has 0 saturated heterocycles. The molecule has 0 amide bonds. The quantitative estimate of drug-likeness (QED) is 0.804. The number of halogens is 1. The molecule has 0 saturated carbocycles. The van der Waals surface area contributed by atoms with E-state index in [1.165, 1.54) is 12.1 Å². The molecule has 0 radical (unpaired) electrons. The van der Waals surface area contributed by atoms with Crippen molar-refractivity contribution in [3.8, 4) is 0 Å². The number of carboxylic acids is 1. The van der Waals surface area contributed by atoms with E-state index in [4.69, 9.17) is 5.11 Å². The number of fused-ring (bicyclic) bond motifs is 1. The lowest BCUT2D eigenvalue weighted by Gasteiger charge is -2.18. The molecule has 0 bridgehead atoms. The van der Waals surface area contributed by atoms with Crippen LogP contribution in [-0.4, -0.2) is 27.7 Å². The summed E-state index contributed by atoms with van der Waals surface area (Å²) in [7, 11) is 3.79. The number of aromatic nitrogens is 2. The number of hydrogen-bond acceptors (Lipinski definition) is 3. The Bertz CT molecular complexity index is 871. The van der Waals surface area contributed by atoms with Gasteiger partial charge in [0, 0.05) is 19.8 Å². The average Bonchev–Trinajstić information content (AvgIpc) is 2.83. The number of imidazole rings is 1. The number of benzene rings is 2. The van der Waals surface area contributed by atoms with E-state index in [2.05, 4.69) is 4.98 Å². The Morgan fingerprint density at radius 1 is 1.26 bits per heavy atom. The van der Waals surface area contributed by atoms with Crippen molar-refractivity contribution >= 4 is 22.7 Å². The summed E-state index contributed by atoms with van der Waals surface area (Å²) < 4.78 is 14.9. The fourth-order valence-electron chi connectivity index (χ4n) is 2.52. The minimum absolute atomic E-state index is 0.217. The number of carbonyl (C=O) groups is 1. The van der Waals surface area contributed by atoms with Crippen LogP contribution in [0.25, 0.3) is 11.0 Å². The van der Waals surface area contributed by atoms with E-state index in [1.54, 1.807) is 30.3 Å². The summed E-state index contributed by atoms with van der Waals surface area (Å²) in [6, 6.07) is 11.1. The molecule has 0 spiro atoms. The van der Waals surface area contributed by atoms with Crippen molar-refractivity contribution in [1.29, 1.82) is 0 Å². The average molecular weight is 313 g/mol. The van der Waals surface area contributed by atoms with Crippen molar-refractivity contribution in [3.63, 3.8) is 0 Å². The Morgan fingerprint density at radius 2 is 1.96 bits per heavy atom. The number of rotatable bonds is 4. The molecule has 1 heterocycles. The zero-order chi connectivity index (χ0) is 16.6. The molecule has 0 atom stereocenters. The lowest BCUT2D eigenvalue weighted by molar-refractivity contribution is 0.0697. The molecule has 118 valence electrons. The zero-order valence-electron chi connectivity index (χ0n) is 12.8. The maximum absolute atomic E-state index is 13.0. The highest BCUT2D eigenvalue weighted by atomic mass is 19.1. The predicted octanol–water partition coefficient (Wildman–Crippen LogP) is 3.05. The normalized spacial score (nSPS) is 10.9. The van der Waals surface area contributed by atoms with Gasteiger partial charge in [-0.1, -0.05) is 0 Å². The number of nitrogens with zero attached hydrogens (tertiary/aromatic N) is 3. The second-order valence-electron chi connectivity index (χ2n) is 5.43. The van der Waals surface area contributed by atoms with Crippen molar-refractivity contribution < 1.29 is 14.3 Å². The van der Waals surface area contributed by atoms with Crippen LogP contribution in [0, 0.1) is 5.82 Å². The van der Waals surface area contributed by atoms with Crippen molar-refractivity contribution in [2.75, 3.05) is 11.9 Å². The summed E-state index contributed by atoms with van der Waals surface area (Å²) in [6.07, 6.45) is 0. The largest absolute Gasteiger partial charge is 0.478 e. The van der Waals surface area contributed by atoms with Gasteiger partial charge in [-0.2, -0.15) is 0 Å². The van der Waals surface area contributed by atoms with Gasteiger partial charge in [0.15, 0.2) is 0 Å². The van der Waals surface area contributed by atoms with Gasteiger partial charge in [-0.25, -0.2) is 14.2 Å². The summed E-state index contributed by atoms with van der Waals surface area (Å²) in [5, 5.41) is 9.06. The second-order valence-corrected chi connectivity index (χ2v) is 5.43. The SMILES string of the molecule is CN(Cc1nc2cc(C(=O)O)ccc2n1C)c1ccc(F)cc1. The molecule has 5 nitrogen and oxygen atoms in total. The summed E-state index contributed by atoms with van der Waals surface area (Å²) >= 11 is 0. The first-order valence-corrected chi connectivity index (χ1v) is 7.11. The smallest absolute Gasteiger partial charge is 0.335 e. The van der Waals surface area contributed by atoms with E-state index >= 15 is 0 Å². The van der Waals surface area contributed by atoms with Gasteiger partial charge in [-0.05, 0) is 42.5 Å². The van der Waals surface area contributed by atoms with Crippen LogP contribution < -0.4 is 4.90 Å². The van der Waals surface area contributed by atoms with E-state index < -0.39 is 5.97 Å². The van der Waals surface area contributed by atoms with Gasteiger partial charge >= 0.3 is 5.97 Å². The highest BCUT2D eigenvalue weighted by molar-refractivity contribution is 5.92. The van der Waals surface area contributed by atoms with Gasteiger partial charge in [-0.15, -0.1) is 0 Å². The molecule has 0 aliphatic rings. The van der Waals surface area contributed by atoms with Gasteiger partial charge in [0.1, 0.15) is 11.6 Å². The Kier molecular flexibility index (Phi) is 3.73. The molecule has 23 heavy (non-hydrogen) atoms. The molecular weight excluding hydrogens is 297 g/mol. The number of aromatic carboxylic acids is 1. The number of anilines is 1. The maximum Gasteiger partial charge on any atom is 0.335 e. The third kappa shape index (κ3) is 2.88. The summed E-state index contributed by atoms with van der Waals surface area (Å²) in [5.41, 5.74) is 2.62. The van der Waals surface area contributed by atoms with E-state index in [9.17, 15) is 9.18 Å². The minimum atomic E-state index is -0.970. The summed E-state index contributed by atoms with van der Waals surface area (Å²) in [4.78, 5) is 17.5. The first kappa shape index (κ1) is 15.0. The van der Waals surface area contributed by atoms with Crippen LogP contribution in [0.1, 0.15) is 16.2 Å². The molecule has 6 heteroatoms. The topological polar surface area (TPSA) is 58.4 Å². The van der Waals surface area contributed by atoms with Gasteiger partial charge in [0.05, 0.1) is 23.1 Å². The Morgan fingerprint density at radius 3 is 2.61 bits per heavy atom. The summed E-state index contributed by atoms with van der Waals surface area (Å²) in [6.45, 7) is 0.527. The van der Waals surface area contributed by atoms with Crippen molar-refractivity contribution in [1.82, 2.24) is 9.55 Å². The predicted molar refractivity (Wildman–Crippen MR) is 86.2 cm³/mol. The number of hydrogen-bond donors (Lipinski definition) is 1. The fourth-order valence-corrected chi connectivity index (χ4v) is 2.52. The van der Waals surface area contributed by atoms with Crippen LogP contribution in [0.4, 0.5) is 10.1 Å². The van der Waals surface area contributed by atoms with Crippen LogP contribution in [-0.2, 0) is 13.6 Å². The van der Waals surface area contributed by atoms with E-state index in [0.717, 1.165) is 17.0 Å². The van der Waals surface area contributed by atoms with Crippen LogP contribution in [0.2, 0.25) is 0 Å². The van der Waals surface area contributed by atoms with Crippen LogP contribution in [0.5, 0.6) is 0 Å². The van der Waals surface area contributed by atoms with Crippen LogP contribution in [0.3, 0.4) is 0 Å². The van der Waals surface area contributed by atoms with E-state index in [1.807, 2.05) is 23.6 Å². The standard InChI is InChI=1S/C17H16FN3O2/c1-20(13-6-4-12(18)5-7-13)10-16-19-14-9-11(17(22)23)3-8-15(14)21(16)2/h3-9H,10H2,1-2H3,(H,22,23). The zero-order valence-corrected chi connectivity index (χ0v) is 12.8. The van der Waals surface area contributed by atoms with E-state index in [0.29, 0.717) is 12.1 Å². The van der Waals surface area contributed by atoms with Gasteiger partial charge in [0.2, 0.25) is 0 Å².